The summed E-state index contributed by atoms with van der Waals surface area (Å²) in [6.45, 7) is 4.52. The lowest BCUT2D eigenvalue weighted by Crippen LogP contribution is -2.39. The molecule has 0 bridgehead atoms. The number of benzene rings is 1. The molecule has 1 heterocycles. The van der Waals surface area contributed by atoms with Crippen LogP contribution in [0.25, 0.3) is 11.1 Å². The molecule has 0 aliphatic carbocycles. The third-order valence-electron chi connectivity index (χ3n) is 1.99. The van der Waals surface area contributed by atoms with Crippen molar-refractivity contribution in [2.24, 2.45) is 5.73 Å². The zero-order valence-corrected chi connectivity index (χ0v) is 8.95. The molecule has 4 heteroatoms. The Kier molecular flexibility index (Phi) is 2.36. The van der Waals surface area contributed by atoms with Crippen LogP contribution in [0.15, 0.2) is 28.7 Å². The molecule has 15 heavy (non-hydrogen) atoms. The zero-order chi connectivity index (χ0) is 10.9. The summed E-state index contributed by atoms with van der Waals surface area (Å²) in [6, 6.07) is 8.18. The number of aromatic nitrogens is 1. The fourth-order valence-corrected chi connectivity index (χ4v) is 1.25. The SMILES string of the molecule is CC(C)(N)CNc1nc2ccccc2o1. The Morgan fingerprint density at radius 2 is 2.13 bits per heavy atom. The number of fused-ring (bicyclic) bond motifs is 1. The van der Waals surface area contributed by atoms with Crippen LogP contribution in [0.5, 0.6) is 0 Å². The number of oxazole rings is 1. The van der Waals surface area contributed by atoms with Crippen LogP contribution in [0, 0.1) is 0 Å². The van der Waals surface area contributed by atoms with Crippen LogP contribution in [-0.4, -0.2) is 17.1 Å². The quantitative estimate of drug-likeness (QED) is 0.804. The van der Waals surface area contributed by atoms with E-state index in [0.717, 1.165) is 11.1 Å². The van der Waals surface area contributed by atoms with Gasteiger partial charge in [-0.1, -0.05) is 12.1 Å². The summed E-state index contributed by atoms with van der Waals surface area (Å²) in [7, 11) is 0. The van der Waals surface area contributed by atoms with Gasteiger partial charge >= 0.3 is 0 Å². The molecule has 4 nitrogen and oxygen atoms in total. The molecule has 0 saturated carbocycles. The molecule has 0 atom stereocenters. The van der Waals surface area contributed by atoms with Gasteiger partial charge in [-0.3, -0.25) is 0 Å². The summed E-state index contributed by atoms with van der Waals surface area (Å²) in [5, 5.41) is 3.07. The molecule has 1 aromatic carbocycles. The fourth-order valence-electron chi connectivity index (χ4n) is 1.25. The van der Waals surface area contributed by atoms with E-state index in [2.05, 4.69) is 10.3 Å². The van der Waals surface area contributed by atoms with Gasteiger partial charge in [0.05, 0.1) is 0 Å². The number of hydrogen-bond acceptors (Lipinski definition) is 4. The van der Waals surface area contributed by atoms with Crippen LogP contribution in [0.4, 0.5) is 6.01 Å². The van der Waals surface area contributed by atoms with E-state index >= 15 is 0 Å². The van der Waals surface area contributed by atoms with Crippen LogP contribution >= 0.6 is 0 Å². The Morgan fingerprint density at radius 1 is 1.40 bits per heavy atom. The first-order chi connectivity index (χ1) is 7.04. The zero-order valence-electron chi connectivity index (χ0n) is 8.95. The largest absolute Gasteiger partial charge is 0.424 e. The summed E-state index contributed by atoms with van der Waals surface area (Å²) in [6.07, 6.45) is 0. The predicted molar refractivity (Wildman–Crippen MR) is 60.8 cm³/mol. The average molecular weight is 205 g/mol. The minimum atomic E-state index is -0.277. The molecular weight excluding hydrogens is 190 g/mol. The Morgan fingerprint density at radius 3 is 2.80 bits per heavy atom. The maximum atomic E-state index is 5.85. The van der Waals surface area contributed by atoms with E-state index in [0.29, 0.717) is 12.6 Å². The molecule has 0 spiro atoms. The Hall–Kier alpha value is -1.55. The van der Waals surface area contributed by atoms with Gasteiger partial charge in [-0.2, -0.15) is 4.98 Å². The van der Waals surface area contributed by atoms with Gasteiger partial charge in [0.15, 0.2) is 5.58 Å². The van der Waals surface area contributed by atoms with Crippen molar-refractivity contribution >= 4 is 17.1 Å². The molecule has 0 fully saturated rings. The van der Waals surface area contributed by atoms with Gasteiger partial charge in [0, 0.05) is 12.1 Å². The Balaban J connectivity index is 2.16. The van der Waals surface area contributed by atoms with E-state index in [9.17, 15) is 0 Å². The third kappa shape index (κ3) is 2.47. The van der Waals surface area contributed by atoms with Crippen molar-refractivity contribution in [3.8, 4) is 0 Å². The van der Waals surface area contributed by atoms with Gasteiger partial charge in [0.2, 0.25) is 0 Å². The minimum absolute atomic E-state index is 0.277. The van der Waals surface area contributed by atoms with Crippen molar-refractivity contribution in [2.75, 3.05) is 11.9 Å². The minimum Gasteiger partial charge on any atom is -0.424 e. The van der Waals surface area contributed by atoms with Gasteiger partial charge in [0.1, 0.15) is 5.52 Å². The molecule has 0 saturated heterocycles. The van der Waals surface area contributed by atoms with Crippen molar-refractivity contribution < 1.29 is 4.42 Å². The Labute approximate surface area is 88.5 Å². The highest BCUT2D eigenvalue weighted by atomic mass is 16.4. The van der Waals surface area contributed by atoms with Crippen LogP contribution in [0.2, 0.25) is 0 Å². The van der Waals surface area contributed by atoms with E-state index in [-0.39, 0.29) is 5.54 Å². The molecule has 0 amide bonds. The molecule has 2 rings (SSSR count). The predicted octanol–water partition coefficient (Wildman–Crippen LogP) is 1.98. The number of anilines is 1. The Bertz CT molecular complexity index is 423. The highest BCUT2D eigenvalue weighted by molar-refractivity contribution is 5.74. The van der Waals surface area contributed by atoms with Gasteiger partial charge in [-0.25, -0.2) is 0 Å². The average Bonchev–Trinajstić information content (AvgIpc) is 2.56. The number of para-hydroxylation sites is 2. The molecule has 2 aromatic rings. The van der Waals surface area contributed by atoms with Crippen molar-refractivity contribution in [3.63, 3.8) is 0 Å². The van der Waals surface area contributed by atoms with E-state index in [1.54, 1.807) is 0 Å². The van der Waals surface area contributed by atoms with Crippen molar-refractivity contribution in [1.82, 2.24) is 4.98 Å². The third-order valence-corrected chi connectivity index (χ3v) is 1.99. The second kappa shape index (κ2) is 3.55. The maximum Gasteiger partial charge on any atom is 0.295 e. The van der Waals surface area contributed by atoms with Crippen LogP contribution < -0.4 is 11.1 Å². The van der Waals surface area contributed by atoms with Gasteiger partial charge in [-0.05, 0) is 26.0 Å². The second-order valence-corrected chi connectivity index (χ2v) is 4.33. The van der Waals surface area contributed by atoms with Crippen molar-refractivity contribution in [1.29, 1.82) is 0 Å². The van der Waals surface area contributed by atoms with Crippen molar-refractivity contribution in [3.05, 3.63) is 24.3 Å². The van der Waals surface area contributed by atoms with Crippen molar-refractivity contribution in [2.45, 2.75) is 19.4 Å². The summed E-state index contributed by atoms with van der Waals surface area (Å²) >= 11 is 0. The fraction of sp³-hybridized carbons (Fsp3) is 0.364. The molecule has 0 radical (unpaired) electrons. The van der Waals surface area contributed by atoms with E-state index < -0.39 is 0 Å². The van der Waals surface area contributed by atoms with Crippen LogP contribution in [-0.2, 0) is 0 Å². The molecule has 3 N–H and O–H groups in total. The highest BCUT2D eigenvalue weighted by Crippen LogP contribution is 2.18. The topological polar surface area (TPSA) is 64.1 Å². The first-order valence-corrected chi connectivity index (χ1v) is 4.93. The van der Waals surface area contributed by atoms with Gasteiger partial charge in [0.25, 0.3) is 6.01 Å². The van der Waals surface area contributed by atoms with Gasteiger partial charge in [-0.15, -0.1) is 0 Å². The summed E-state index contributed by atoms with van der Waals surface area (Å²) in [4.78, 5) is 4.28. The van der Waals surface area contributed by atoms with E-state index in [1.165, 1.54) is 0 Å². The lowest BCUT2D eigenvalue weighted by Gasteiger charge is -2.17. The number of hydrogen-bond donors (Lipinski definition) is 2. The monoisotopic (exact) mass is 205 g/mol. The molecule has 0 aliphatic heterocycles. The molecule has 0 aliphatic rings. The smallest absolute Gasteiger partial charge is 0.295 e. The first kappa shape index (κ1) is 9.98. The normalized spacial score (nSPS) is 11.9. The number of nitrogens with zero attached hydrogens (tertiary/aromatic N) is 1. The standard InChI is InChI=1S/C11H15N3O/c1-11(2,12)7-13-10-14-8-5-3-4-6-9(8)15-10/h3-6H,7,12H2,1-2H3,(H,13,14). The van der Waals surface area contributed by atoms with Gasteiger partial charge < -0.3 is 15.5 Å². The number of nitrogens with one attached hydrogen (secondary N) is 1. The summed E-state index contributed by atoms with van der Waals surface area (Å²) in [5.74, 6) is 0. The van der Waals surface area contributed by atoms with E-state index in [1.807, 2.05) is 38.1 Å². The number of nitrogens with two attached hydrogens (primary N) is 1. The first-order valence-electron chi connectivity index (χ1n) is 4.93. The molecule has 1 aromatic heterocycles. The van der Waals surface area contributed by atoms with Crippen LogP contribution in [0.3, 0.4) is 0 Å². The summed E-state index contributed by atoms with van der Waals surface area (Å²) in [5.41, 5.74) is 7.21. The van der Waals surface area contributed by atoms with Crippen LogP contribution in [0.1, 0.15) is 13.8 Å². The maximum absolute atomic E-state index is 5.85. The molecule has 80 valence electrons. The summed E-state index contributed by atoms with van der Waals surface area (Å²) < 4.78 is 5.49. The molecule has 0 unspecified atom stereocenters. The molecular formula is C11H15N3O. The van der Waals surface area contributed by atoms with E-state index in [4.69, 9.17) is 10.2 Å². The number of rotatable bonds is 3. The highest BCUT2D eigenvalue weighted by Gasteiger charge is 2.12. The lowest BCUT2D eigenvalue weighted by molar-refractivity contribution is 0.530. The lowest BCUT2D eigenvalue weighted by atomic mass is 10.1. The second-order valence-electron chi connectivity index (χ2n) is 4.33.